The third kappa shape index (κ3) is 3.69. The minimum absolute atomic E-state index is 0.0269. The second-order valence-electron chi connectivity index (χ2n) is 7.12. The maximum Gasteiger partial charge on any atom is 0.259 e. The fraction of sp³-hybridized carbons (Fsp3) is 0.429. The molecule has 148 valence electrons. The zero-order valence-corrected chi connectivity index (χ0v) is 17.0. The molecule has 1 saturated heterocycles. The first kappa shape index (κ1) is 19.1. The van der Waals surface area contributed by atoms with Crippen molar-refractivity contribution in [2.24, 2.45) is 0 Å². The number of halogens is 1. The van der Waals surface area contributed by atoms with Gasteiger partial charge in [0.15, 0.2) is 4.96 Å². The third-order valence-electron chi connectivity index (χ3n) is 5.32. The first-order valence-corrected chi connectivity index (χ1v) is 10.5. The Hall–Kier alpha value is -2.25. The van der Waals surface area contributed by atoms with Crippen molar-refractivity contribution in [3.05, 3.63) is 62.8 Å². The number of benzene rings is 1. The molecule has 0 bridgehead atoms. The van der Waals surface area contributed by atoms with Crippen LogP contribution in [0.25, 0.3) is 4.96 Å². The number of anilines is 1. The van der Waals surface area contributed by atoms with Crippen LogP contribution in [-0.4, -0.2) is 29.1 Å². The number of ether oxygens (including phenoxy) is 1. The summed E-state index contributed by atoms with van der Waals surface area (Å²) in [5.41, 5.74) is 2.71. The van der Waals surface area contributed by atoms with Crippen LogP contribution in [0.15, 0.2) is 35.1 Å². The Kier molecular flexibility index (Phi) is 5.46. The molecule has 1 aliphatic rings. The van der Waals surface area contributed by atoms with Crippen LogP contribution in [0, 0.1) is 12.7 Å². The van der Waals surface area contributed by atoms with Gasteiger partial charge < -0.3 is 9.64 Å². The normalized spacial score (nSPS) is 15.2. The molecule has 2 aromatic heterocycles. The average molecular weight is 402 g/mol. The molecule has 3 aromatic rings. The molecular weight excluding hydrogens is 377 g/mol. The molecule has 1 aliphatic heterocycles. The van der Waals surface area contributed by atoms with Crippen molar-refractivity contribution in [1.82, 2.24) is 9.38 Å². The molecule has 7 heteroatoms. The van der Waals surface area contributed by atoms with Crippen LogP contribution in [0.2, 0.25) is 0 Å². The highest BCUT2D eigenvalue weighted by atomic mass is 32.1. The van der Waals surface area contributed by atoms with Crippen LogP contribution in [0.3, 0.4) is 0 Å². The lowest BCUT2D eigenvalue weighted by molar-refractivity contribution is 0.0842. The van der Waals surface area contributed by atoms with E-state index in [1.807, 2.05) is 6.92 Å². The number of thiazole rings is 1. The van der Waals surface area contributed by atoms with Gasteiger partial charge in [0.2, 0.25) is 0 Å². The summed E-state index contributed by atoms with van der Waals surface area (Å²) in [6, 6.07) is 8.04. The van der Waals surface area contributed by atoms with Crippen LogP contribution in [0.1, 0.15) is 41.9 Å². The Morgan fingerprint density at radius 1 is 1.29 bits per heavy atom. The highest BCUT2D eigenvalue weighted by molar-refractivity contribution is 7.17. The van der Waals surface area contributed by atoms with Gasteiger partial charge in [0.25, 0.3) is 5.56 Å². The van der Waals surface area contributed by atoms with Crippen molar-refractivity contribution in [2.75, 3.05) is 24.7 Å². The molecule has 0 aliphatic carbocycles. The van der Waals surface area contributed by atoms with Gasteiger partial charge in [-0.3, -0.25) is 9.20 Å². The largest absolute Gasteiger partial charge is 0.381 e. The molecule has 0 unspecified atom stereocenters. The van der Waals surface area contributed by atoms with Gasteiger partial charge >= 0.3 is 0 Å². The van der Waals surface area contributed by atoms with E-state index in [4.69, 9.17) is 9.72 Å². The summed E-state index contributed by atoms with van der Waals surface area (Å²) in [6.45, 7) is 6.84. The van der Waals surface area contributed by atoms with Crippen LogP contribution >= 0.6 is 11.3 Å². The van der Waals surface area contributed by atoms with E-state index >= 15 is 0 Å². The third-order valence-corrected chi connectivity index (χ3v) is 6.29. The van der Waals surface area contributed by atoms with Crippen molar-refractivity contribution in [1.29, 1.82) is 0 Å². The Morgan fingerprint density at radius 3 is 2.68 bits per heavy atom. The van der Waals surface area contributed by atoms with Gasteiger partial charge in [-0.25, -0.2) is 9.37 Å². The molecule has 5 nitrogen and oxygen atoms in total. The summed E-state index contributed by atoms with van der Waals surface area (Å²) in [6.07, 6.45) is 1.88. The standard InChI is InChI=1S/C21H24FN3O2S/c1-3-24(18-6-4-16(22)5-7-18)13-17-12-19(26)25-20(14(2)28-21(25)23-17)15-8-10-27-11-9-15/h4-7,12,15H,3,8-11,13H2,1-2H3. The lowest BCUT2D eigenvalue weighted by Crippen LogP contribution is -2.26. The van der Waals surface area contributed by atoms with E-state index in [0.717, 1.165) is 59.5 Å². The molecule has 0 atom stereocenters. The quantitative estimate of drug-likeness (QED) is 0.645. The van der Waals surface area contributed by atoms with Gasteiger partial charge in [0.05, 0.1) is 12.2 Å². The summed E-state index contributed by atoms with van der Waals surface area (Å²) < 4.78 is 20.5. The van der Waals surface area contributed by atoms with Crippen molar-refractivity contribution >= 4 is 22.0 Å². The maximum atomic E-state index is 13.2. The summed E-state index contributed by atoms with van der Waals surface area (Å²) in [5, 5.41) is 0. The molecule has 1 fully saturated rings. The zero-order valence-electron chi connectivity index (χ0n) is 16.2. The van der Waals surface area contributed by atoms with E-state index in [9.17, 15) is 9.18 Å². The van der Waals surface area contributed by atoms with Crippen molar-refractivity contribution < 1.29 is 9.13 Å². The van der Waals surface area contributed by atoms with Gasteiger partial charge in [0.1, 0.15) is 5.82 Å². The molecule has 0 N–H and O–H groups in total. The SMILES string of the molecule is CCN(Cc1cc(=O)n2c(C3CCOCC3)c(C)sc2n1)c1ccc(F)cc1. The highest BCUT2D eigenvalue weighted by Gasteiger charge is 2.24. The van der Waals surface area contributed by atoms with E-state index in [1.54, 1.807) is 33.9 Å². The molecular formula is C21H24FN3O2S. The molecule has 0 amide bonds. The minimum Gasteiger partial charge on any atom is -0.381 e. The molecule has 0 radical (unpaired) electrons. The summed E-state index contributed by atoms with van der Waals surface area (Å²) in [4.78, 5) is 21.7. The smallest absolute Gasteiger partial charge is 0.259 e. The fourth-order valence-electron chi connectivity index (χ4n) is 3.90. The molecule has 28 heavy (non-hydrogen) atoms. The van der Waals surface area contributed by atoms with Gasteiger partial charge in [-0.15, -0.1) is 11.3 Å². The Bertz CT molecular complexity index is 1020. The molecule has 0 saturated carbocycles. The lowest BCUT2D eigenvalue weighted by atomic mass is 9.96. The van der Waals surface area contributed by atoms with Gasteiger partial charge in [-0.1, -0.05) is 0 Å². The Labute approximate surface area is 167 Å². The Balaban J connectivity index is 1.67. The number of nitrogens with zero attached hydrogens (tertiary/aromatic N) is 3. The first-order valence-electron chi connectivity index (χ1n) is 9.67. The van der Waals surface area contributed by atoms with Crippen molar-refractivity contribution in [3.63, 3.8) is 0 Å². The summed E-state index contributed by atoms with van der Waals surface area (Å²) in [5.74, 6) is 0.0894. The number of hydrogen-bond acceptors (Lipinski definition) is 5. The monoisotopic (exact) mass is 401 g/mol. The zero-order chi connectivity index (χ0) is 19.7. The fourth-order valence-corrected chi connectivity index (χ4v) is 4.98. The number of fused-ring (bicyclic) bond motifs is 1. The molecule has 1 aromatic carbocycles. The van der Waals surface area contributed by atoms with Crippen LogP contribution in [-0.2, 0) is 11.3 Å². The van der Waals surface area contributed by atoms with E-state index < -0.39 is 0 Å². The van der Waals surface area contributed by atoms with E-state index in [2.05, 4.69) is 11.8 Å². The van der Waals surface area contributed by atoms with Gasteiger partial charge in [-0.2, -0.15) is 0 Å². The second kappa shape index (κ2) is 8.01. The number of hydrogen-bond donors (Lipinski definition) is 0. The minimum atomic E-state index is -0.257. The number of aryl methyl sites for hydroxylation is 1. The molecule has 4 rings (SSSR count). The topological polar surface area (TPSA) is 46.8 Å². The molecule has 3 heterocycles. The van der Waals surface area contributed by atoms with Crippen LogP contribution < -0.4 is 10.5 Å². The van der Waals surface area contributed by atoms with Crippen LogP contribution in [0.5, 0.6) is 0 Å². The summed E-state index contributed by atoms with van der Waals surface area (Å²) in [7, 11) is 0. The summed E-state index contributed by atoms with van der Waals surface area (Å²) >= 11 is 1.58. The lowest BCUT2D eigenvalue weighted by Gasteiger charge is -2.23. The van der Waals surface area contributed by atoms with Crippen LogP contribution in [0.4, 0.5) is 10.1 Å². The maximum absolute atomic E-state index is 13.2. The van der Waals surface area contributed by atoms with E-state index in [0.29, 0.717) is 12.5 Å². The van der Waals surface area contributed by atoms with Gasteiger partial charge in [0, 0.05) is 48.0 Å². The second-order valence-corrected chi connectivity index (χ2v) is 8.31. The van der Waals surface area contributed by atoms with E-state index in [1.165, 1.54) is 12.1 Å². The number of rotatable bonds is 5. The predicted molar refractivity (Wildman–Crippen MR) is 110 cm³/mol. The highest BCUT2D eigenvalue weighted by Crippen LogP contribution is 2.33. The average Bonchev–Trinajstić information content (AvgIpc) is 3.04. The number of aromatic nitrogens is 2. The Morgan fingerprint density at radius 2 is 2.00 bits per heavy atom. The molecule has 0 spiro atoms. The van der Waals surface area contributed by atoms with Gasteiger partial charge in [-0.05, 0) is 51.0 Å². The van der Waals surface area contributed by atoms with E-state index in [-0.39, 0.29) is 11.4 Å². The van der Waals surface area contributed by atoms with Crippen molar-refractivity contribution in [2.45, 2.75) is 39.2 Å². The predicted octanol–water partition coefficient (Wildman–Crippen LogP) is 4.12. The van der Waals surface area contributed by atoms with Crippen molar-refractivity contribution in [3.8, 4) is 0 Å². The first-order chi connectivity index (χ1) is 13.6.